The molecule has 2 saturated heterocycles. The topological polar surface area (TPSA) is 102 Å². The monoisotopic (exact) mass is 546 g/mol. The van der Waals surface area contributed by atoms with E-state index < -0.39 is 35.2 Å². The molecule has 2 aliphatic heterocycles. The molecule has 0 unspecified atom stereocenters. The predicted molar refractivity (Wildman–Crippen MR) is 123 cm³/mol. The van der Waals surface area contributed by atoms with Crippen molar-refractivity contribution >= 4 is 23.5 Å². The van der Waals surface area contributed by atoms with Crippen molar-refractivity contribution in [3.05, 3.63) is 65.5 Å². The van der Waals surface area contributed by atoms with Crippen LogP contribution in [0, 0.1) is 17.5 Å². The second kappa shape index (κ2) is 11.7. The average Bonchev–Trinajstić information content (AvgIpc) is 3.15. The first kappa shape index (κ1) is 28.8. The highest BCUT2D eigenvalue weighted by atomic mass is 19.4. The molecule has 0 atom stereocenters. The highest BCUT2D eigenvalue weighted by Crippen LogP contribution is 2.36. The first-order valence-corrected chi connectivity index (χ1v) is 11.4. The number of halogens is 6. The number of benzene rings is 2. The molecule has 0 saturated carbocycles. The molecule has 3 N–H and O–H groups in total. The van der Waals surface area contributed by atoms with Gasteiger partial charge in [0.25, 0.3) is 5.91 Å². The Kier molecular flexibility index (Phi) is 8.86. The van der Waals surface area contributed by atoms with Gasteiger partial charge in [-0.15, -0.1) is 0 Å². The van der Waals surface area contributed by atoms with Gasteiger partial charge in [-0.25, -0.2) is 18.0 Å². The van der Waals surface area contributed by atoms with E-state index in [1.807, 2.05) is 4.90 Å². The van der Waals surface area contributed by atoms with Gasteiger partial charge in [-0.2, -0.15) is 13.2 Å². The molecule has 206 valence electrons. The summed E-state index contributed by atoms with van der Waals surface area (Å²) in [6.07, 6.45) is -3.95. The number of anilines is 1. The Labute approximate surface area is 213 Å². The van der Waals surface area contributed by atoms with Crippen LogP contribution in [0.15, 0.2) is 42.5 Å². The number of carbonyl (C=O) groups is 3. The Bertz CT molecular complexity index is 1180. The third kappa shape index (κ3) is 6.73. The van der Waals surface area contributed by atoms with Gasteiger partial charge in [-0.05, 0) is 43.2 Å². The summed E-state index contributed by atoms with van der Waals surface area (Å²) in [6, 6.07) is 9.05. The molecule has 0 aliphatic carbocycles. The summed E-state index contributed by atoms with van der Waals surface area (Å²) < 4.78 is 72.1. The largest absolute Gasteiger partial charge is 0.490 e. The van der Waals surface area contributed by atoms with Crippen molar-refractivity contribution in [3.63, 3.8) is 0 Å². The number of rotatable bonds is 5. The number of carboxylic acids is 1. The van der Waals surface area contributed by atoms with Crippen molar-refractivity contribution in [1.29, 1.82) is 0 Å². The van der Waals surface area contributed by atoms with Gasteiger partial charge in [0, 0.05) is 37.9 Å². The lowest BCUT2D eigenvalue weighted by Crippen LogP contribution is -2.57. The summed E-state index contributed by atoms with van der Waals surface area (Å²) in [6.45, 7) is 2.41. The number of hydrogen-bond acceptors (Lipinski definition) is 5. The van der Waals surface area contributed by atoms with Gasteiger partial charge in [-0.1, -0.05) is 6.07 Å². The number of alkyl halides is 3. The first-order valence-electron chi connectivity index (χ1n) is 11.4. The number of hydrogen-bond donors (Lipinski definition) is 3. The van der Waals surface area contributed by atoms with Crippen LogP contribution in [0.2, 0.25) is 0 Å². The molecule has 2 amide bonds. The number of nitrogens with zero attached hydrogens (tertiary/aromatic N) is 2. The quantitative estimate of drug-likeness (QED) is 0.499. The van der Waals surface area contributed by atoms with E-state index >= 15 is 0 Å². The number of nitrogens with one attached hydrogen (secondary N) is 2. The zero-order valence-corrected chi connectivity index (χ0v) is 19.8. The summed E-state index contributed by atoms with van der Waals surface area (Å²) in [5.74, 6) is -5.40. The van der Waals surface area contributed by atoms with E-state index in [2.05, 4.69) is 15.5 Å². The van der Waals surface area contributed by atoms with Crippen LogP contribution in [0.4, 0.5) is 32.0 Å². The van der Waals surface area contributed by atoms with Gasteiger partial charge in [0.15, 0.2) is 0 Å². The maximum atomic E-state index is 13.7. The Morgan fingerprint density at radius 3 is 2.24 bits per heavy atom. The summed E-state index contributed by atoms with van der Waals surface area (Å²) in [5.41, 5.74) is -0.252. The third-order valence-corrected chi connectivity index (χ3v) is 6.27. The van der Waals surface area contributed by atoms with E-state index in [-0.39, 0.29) is 17.3 Å². The fourth-order valence-corrected chi connectivity index (χ4v) is 4.31. The van der Waals surface area contributed by atoms with Crippen LogP contribution in [0.25, 0.3) is 0 Å². The molecular formula is C24H24F6N4O4. The van der Waals surface area contributed by atoms with E-state index in [4.69, 9.17) is 9.90 Å². The number of amides is 2. The Hall–Kier alpha value is -3.81. The molecular weight excluding hydrogens is 522 g/mol. The molecule has 14 heteroatoms. The maximum absolute atomic E-state index is 13.7. The summed E-state index contributed by atoms with van der Waals surface area (Å²) >= 11 is 0. The van der Waals surface area contributed by atoms with Gasteiger partial charge < -0.3 is 25.5 Å². The van der Waals surface area contributed by atoms with Gasteiger partial charge in [0.1, 0.15) is 23.0 Å². The number of carboxylic acid groups (broad SMARTS) is 1. The lowest BCUT2D eigenvalue weighted by molar-refractivity contribution is -0.192. The summed E-state index contributed by atoms with van der Waals surface area (Å²) in [4.78, 5) is 37.7. The zero-order chi connectivity index (χ0) is 28.1. The third-order valence-electron chi connectivity index (χ3n) is 6.27. The normalized spacial score (nSPS) is 17.0. The standard InChI is InChI=1S/C22H23F3N4O2.C2HF3O2/c23-15-2-1-3-17(12-15)29-14-27-21(31)22(29)6-9-28(10-7-22)11-8-26-20(30)18-5-4-16(24)13-19(18)25;3-2(4,5)1(6)7/h1-5,12-13H,6-11,14H2,(H,26,30)(H,27,31);(H,6,7). The molecule has 2 fully saturated rings. The number of carbonyl (C=O) groups excluding carboxylic acids is 2. The van der Waals surface area contributed by atoms with Crippen molar-refractivity contribution in [2.24, 2.45) is 0 Å². The smallest absolute Gasteiger partial charge is 0.475 e. The molecule has 4 rings (SSSR count). The van der Waals surface area contributed by atoms with Crippen molar-refractivity contribution in [3.8, 4) is 0 Å². The van der Waals surface area contributed by atoms with Crippen LogP contribution in [-0.4, -0.2) is 72.4 Å². The number of piperidine rings is 1. The maximum Gasteiger partial charge on any atom is 0.490 e. The summed E-state index contributed by atoms with van der Waals surface area (Å²) in [7, 11) is 0. The first-order chi connectivity index (χ1) is 17.8. The van der Waals surface area contributed by atoms with Crippen LogP contribution in [0.1, 0.15) is 23.2 Å². The van der Waals surface area contributed by atoms with E-state index in [9.17, 15) is 35.9 Å². The lowest BCUT2D eigenvalue weighted by Gasteiger charge is -2.43. The van der Waals surface area contributed by atoms with E-state index in [1.165, 1.54) is 12.1 Å². The minimum Gasteiger partial charge on any atom is -0.475 e. The van der Waals surface area contributed by atoms with Gasteiger partial charge >= 0.3 is 12.1 Å². The van der Waals surface area contributed by atoms with E-state index in [0.29, 0.717) is 57.4 Å². The van der Waals surface area contributed by atoms with Gasteiger partial charge in [-0.3, -0.25) is 9.59 Å². The van der Waals surface area contributed by atoms with Gasteiger partial charge in [0.05, 0.1) is 12.2 Å². The highest BCUT2D eigenvalue weighted by Gasteiger charge is 2.50. The number of likely N-dealkylation sites (tertiary alicyclic amines) is 1. The Morgan fingerprint density at radius 2 is 1.66 bits per heavy atom. The van der Waals surface area contributed by atoms with Crippen molar-refractivity contribution in [1.82, 2.24) is 15.5 Å². The Morgan fingerprint density at radius 1 is 1.03 bits per heavy atom. The minimum absolute atomic E-state index is 0.0588. The SMILES string of the molecule is O=C(NCCN1CCC2(CC1)C(=O)NCN2c1cccc(F)c1)c1ccc(F)cc1F.O=C(O)C(F)(F)F. The minimum atomic E-state index is -5.08. The predicted octanol–water partition coefficient (Wildman–Crippen LogP) is 2.90. The Balaban J connectivity index is 0.000000505. The van der Waals surface area contributed by atoms with Crippen molar-refractivity contribution in [2.75, 3.05) is 37.7 Å². The fraction of sp³-hybridized carbons (Fsp3) is 0.375. The molecule has 0 aromatic heterocycles. The molecule has 0 radical (unpaired) electrons. The molecule has 8 nitrogen and oxygen atoms in total. The highest BCUT2D eigenvalue weighted by molar-refractivity contribution is 5.94. The fourth-order valence-electron chi connectivity index (χ4n) is 4.31. The van der Waals surface area contributed by atoms with Gasteiger partial charge in [0.2, 0.25) is 5.91 Å². The second-order valence-corrected chi connectivity index (χ2v) is 8.63. The van der Waals surface area contributed by atoms with Crippen molar-refractivity contribution < 1.29 is 45.8 Å². The zero-order valence-electron chi connectivity index (χ0n) is 19.8. The van der Waals surface area contributed by atoms with E-state index in [1.54, 1.807) is 12.1 Å². The molecule has 38 heavy (non-hydrogen) atoms. The molecule has 2 heterocycles. The summed E-state index contributed by atoms with van der Waals surface area (Å²) in [5, 5.41) is 12.6. The average molecular weight is 546 g/mol. The molecule has 2 aromatic rings. The van der Waals surface area contributed by atoms with Crippen LogP contribution >= 0.6 is 0 Å². The van der Waals surface area contributed by atoms with Crippen LogP contribution in [0.5, 0.6) is 0 Å². The van der Waals surface area contributed by atoms with Crippen molar-refractivity contribution in [2.45, 2.75) is 24.6 Å². The number of aliphatic carboxylic acids is 1. The van der Waals surface area contributed by atoms with Crippen LogP contribution < -0.4 is 15.5 Å². The lowest BCUT2D eigenvalue weighted by atomic mass is 9.85. The second-order valence-electron chi connectivity index (χ2n) is 8.63. The molecule has 0 bridgehead atoms. The molecule has 2 aliphatic rings. The van der Waals surface area contributed by atoms with Crippen LogP contribution in [-0.2, 0) is 9.59 Å². The van der Waals surface area contributed by atoms with E-state index in [0.717, 1.165) is 12.1 Å². The molecule has 1 spiro atoms. The van der Waals surface area contributed by atoms with Crippen LogP contribution in [0.3, 0.4) is 0 Å². The molecule has 2 aromatic carbocycles.